The van der Waals surface area contributed by atoms with E-state index < -0.39 is 0 Å². The van der Waals surface area contributed by atoms with E-state index in [1.54, 1.807) is 0 Å². The molecule has 1 saturated carbocycles. The molecule has 50 valence electrons. The lowest BCUT2D eigenvalue weighted by Gasteiger charge is -1.88. The van der Waals surface area contributed by atoms with Crippen molar-refractivity contribution >= 4 is 6.29 Å². The van der Waals surface area contributed by atoms with E-state index in [0.29, 0.717) is 0 Å². The molecule has 0 heterocycles. The van der Waals surface area contributed by atoms with Gasteiger partial charge in [-0.15, -0.1) is 0 Å². The first kappa shape index (κ1) is 6.53. The highest BCUT2D eigenvalue weighted by Crippen LogP contribution is 2.31. The van der Waals surface area contributed by atoms with E-state index in [9.17, 15) is 4.79 Å². The molecule has 1 rings (SSSR count). The van der Waals surface area contributed by atoms with Crippen LogP contribution in [0.5, 0.6) is 0 Å². The Labute approximate surface area is 55.8 Å². The van der Waals surface area contributed by atoms with Crippen LogP contribution in [0.4, 0.5) is 0 Å². The van der Waals surface area contributed by atoms with Crippen LogP contribution < -0.4 is 0 Å². The van der Waals surface area contributed by atoms with Gasteiger partial charge in [0.1, 0.15) is 6.29 Å². The molecule has 1 heteroatoms. The van der Waals surface area contributed by atoms with Crippen LogP contribution in [0.1, 0.15) is 26.2 Å². The van der Waals surface area contributed by atoms with Crippen LogP contribution in [-0.4, -0.2) is 6.29 Å². The molecule has 0 aromatic rings. The average Bonchev–Trinajstić information content (AvgIpc) is 2.66. The van der Waals surface area contributed by atoms with Gasteiger partial charge in [-0.25, -0.2) is 0 Å². The minimum absolute atomic E-state index is 0.741. The molecule has 0 aromatic carbocycles. The zero-order valence-corrected chi connectivity index (χ0v) is 5.76. The molecule has 9 heavy (non-hydrogen) atoms. The topological polar surface area (TPSA) is 17.1 Å². The molecule has 0 aliphatic heterocycles. The summed E-state index contributed by atoms with van der Waals surface area (Å²) in [6.45, 7) is 2.02. The molecule has 0 bridgehead atoms. The quantitative estimate of drug-likeness (QED) is 0.415. The molecule has 0 radical (unpaired) electrons. The maximum atomic E-state index is 10.2. The van der Waals surface area contributed by atoms with Crippen LogP contribution >= 0.6 is 0 Å². The third kappa shape index (κ3) is 2.00. The number of carbonyl (C=O) groups is 1. The Bertz CT molecular complexity index is 132. The minimum Gasteiger partial charge on any atom is -0.298 e. The molecule has 0 unspecified atom stereocenters. The van der Waals surface area contributed by atoms with Gasteiger partial charge >= 0.3 is 0 Å². The third-order valence-electron chi connectivity index (χ3n) is 1.63. The Morgan fingerprint density at radius 3 is 2.67 bits per heavy atom. The number of hydrogen-bond acceptors (Lipinski definition) is 1. The average molecular weight is 124 g/mol. The molecule has 1 nitrogen and oxygen atoms in total. The third-order valence-corrected chi connectivity index (χ3v) is 1.63. The van der Waals surface area contributed by atoms with Crippen LogP contribution in [0.2, 0.25) is 0 Å². The van der Waals surface area contributed by atoms with Gasteiger partial charge in [-0.1, -0.05) is 13.0 Å². The van der Waals surface area contributed by atoms with Crippen LogP contribution in [0.15, 0.2) is 11.6 Å². The molecule has 0 aromatic heterocycles. The zero-order chi connectivity index (χ0) is 6.69. The van der Waals surface area contributed by atoms with Crippen LogP contribution in [0.25, 0.3) is 0 Å². The molecular formula is C8H12O. The van der Waals surface area contributed by atoms with Gasteiger partial charge in [-0.2, -0.15) is 0 Å². The van der Waals surface area contributed by atoms with Gasteiger partial charge in [0.2, 0.25) is 0 Å². The van der Waals surface area contributed by atoms with Crippen molar-refractivity contribution in [3.05, 3.63) is 11.6 Å². The van der Waals surface area contributed by atoms with E-state index in [1.807, 2.05) is 6.92 Å². The number of aldehydes is 1. The number of hydrogen-bond donors (Lipinski definition) is 0. The number of carbonyl (C=O) groups excluding carboxylic acids is 1. The first-order valence-corrected chi connectivity index (χ1v) is 3.52. The Balaban J connectivity index is 2.41. The maximum absolute atomic E-state index is 10.2. The highest BCUT2D eigenvalue weighted by atomic mass is 16.1. The van der Waals surface area contributed by atoms with Gasteiger partial charge in [0.05, 0.1) is 0 Å². The fourth-order valence-electron chi connectivity index (χ4n) is 0.806. The number of rotatable bonds is 3. The molecule has 0 N–H and O–H groups in total. The maximum Gasteiger partial charge on any atom is 0.145 e. The van der Waals surface area contributed by atoms with Crippen molar-refractivity contribution in [3.63, 3.8) is 0 Å². The van der Waals surface area contributed by atoms with Gasteiger partial charge < -0.3 is 0 Å². The fraction of sp³-hybridized carbons (Fsp3) is 0.625. The second kappa shape index (κ2) is 2.81. The molecule has 0 atom stereocenters. The SMILES string of the molecule is CCC(C=O)=CC1CC1. The summed E-state index contributed by atoms with van der Waals surface area (Å²) in [7, 11) is 0. The summed E-state index contributed by atoms with van der Waals surface area (Å²) in [5.41, 5.74) is 0.970. The Morgan fingerprint density at radius 2 is 2.33 bits per heavy atom. The smallest absolute Gasteiger partial charge is 0.145 e. The van der Waals surface area contributed by atoms with Crippen LogP contribution in [0.3, 0.4) is 0 Å². The van der Waals surface area contributed by atoms with Gasteiger partial charge in [-0.3, -0.25) is 4.79 Å². The van der Waals surface area contributed by atoms with Crippen molar-refractivity contribution in [2.75, 3.05) is 0 Å². The fourth-order valence-corrected chi connectivity index (χ4v) is 0.806. The standard InChI is InChI=1S/C8H12O/c1-2-7(6-9)5-8-3-4-8/h5-6,8H,2-4H2,1H3. The second-order valence-corrected chi connectivity index (χ2v) is 2.55. The molecule has 0 amide bonds. The van der Waals surface area contributed by atoms with Gasteiger partial charge in [0.15, 0.2) is 0 Å². The summed E-state index contributed by atoms with van der Waals surface area (Å²) in [5, 5.41) is 0. The van der Waals surface area contributed by atoms with E-state index in [0.717, 1.165) is 24.2 Å². The predicted molar refractivity (Wildman–Crippen MR) is 37.2 cm³/mol. The molecule has 0 spiro atoms. The molecule has 1 fully saturated rings. The highest BCUT2D eigenvalue weighted by molar-refractivity contribution is 5.73. The minimum atomic E-state index is 0.741. The lowest BCUT2D eigenvalue weighted by molar-refractivity contribution is -0.105. The van der Waals surface area contributed by atoms with Crippen LogP contribution in [-0.2, 0) is 4.79 Å². The van der Waals surface area contributed by atoms with E-state index in [-0.39, 0.29) is 0 Å². The molecule has 1 aliphatic rings. The summed E-state index contributed by atoms with van der Waals surface area (Å²) in [6, 6.07) is 0. The van der Waals surface area contributed by atoms with E-state index in [1.165, 1.54) is 12.8 Å². The molecule has 0 saturated heterocycles. The monoisotopic (exact) mass is 124 g/mol. The van der Waals surface area contributed by atoms with Crippen LogP contribution in [0, 0.1) is 5.92 Å². The predicted octanol–water partition coefficient (Wildman–Crippen LogP) is 1.93. The number of allylic oxidation sites excluding steroid dienone is 2. The summed E-state index contributed by atoms with van der Waals surface area (Å²) in [4.78, 5) is 10.2. The highest BCUT2D eigenvalue weighted by Gasteiger charge is 2.18. The first-order chi connectivity index (χ1) is 4.36. The van der Waals surface area contributed by atoms with E-state index >= 15 is 0 Å². The lowest BCUT2D eigenvalue weighted by atomic mass is 10.2. The summed E-state index contributed by atoms with van der Waals surface area (Å²) >= 11 is 0. The van der Waals surface area contributed by atoms with E-state index in [4.69, 9.17) is 0 Å². The van der Waals surface area contributed by atoms with Gasteiger partial charge in [0, 0.05) is 0 Å². The van der Waals surface area contributed by atoms with Crippen molar-refractivity contribution in [3.8, 4) is 0 Å². The largest absolute Gasteiger partial charge is 0.298 e. The zero-order valence-electron chi connectivity index (χ0n) is 5.76. The Hall–Kier alpha value is -0.590. The summed E-state index contributed by atoms with van der Waals surface area (Å²) < 4.78 is 0. The van der Waals surface area contributed by atoms with Crippen molar-refractivity contribution in [1.82, 2.24) is 0 Å². The molecule has 1 aliphatic carbocycles. The van der Waals surface area contributed by atoms with Gasteiger partial charge in [0.25, 0.3) is 0 Å². The van der Waals surface area contributed by atoms with Crippen molar-refractivity contribution < 1.29 is 4.79 Å². The second-order valence-electron chi connectivity index (χ2n) is 2.55. The van der Waals surface area contributed by atoms with E-state index in [2.05, 4.69) is 6.08 Å². The van der Waals surface area contributed by atoms with Crippen molar-refractivity contribution in [2.45, 2.75) is 26.2 Å². The summed E-state index contributed by atoms with van der Waals surface area (Å²) in [6.07, 6.45) is 6.54. The van der Waals surface area contributed by atoms with Crippen molar-refractivity contribution in [1.29, 1.82) is 0 Å². The Kier molecular flexibility index (Phi) is 2.04. The lowest BCUT2D eigenvalue weighted by Crippen LogP contribution is -1.81. The summed E-state index contributed by atoms with van der Waals surface area (Å²) in [5.74, 6) is 0.741. The van der Waals surface area contributed by atoms with Gasteiger partial charge in [-0.05, 0) is 30.8 Å². The Morgan fingerprint density at radius 1 is 1.67 bits per heavy atom. The normalized spacial score (nSPS) is 19.9. The van der Waals surface area contributed by atoms with Crippen molar-refractivity contribution in [2.24, 2.45) is 5.92 Å². The first-order valence-electron chi connectivity index (χ1n) is 3.52. The molecular weight excluding hydrogens is 112 g/mol.